The summed E-state index contributed by atoms with van der Waals surface area (Å²) in [5.74, 6) is 2.15. The van der Waals surface area contributed by atoms with Crippen molar-refractivity contribution in [3.63, 3.8) is 0 Å². The van der Waals surface area contributed by atoms with Crippen molar-refractivity contribution in [1.29, 1.82) is 0 Å². The molecule has 0 aromatic carbocycles. The Kier molecular flexibility index (Phi) is 3.49. The highest BCUT2D eigenvalue weighted by atomic mass is 14.6. The first-order valence-corrected chi connectivity index (χ1v) is 8.73. The highest BCUT2D eigenvalue weighted by Gasteiger charge is 2.58. The van der Waals surface area contributed by atoms with Crippen molar-refractivity contribution < 1.29 is 0 Å². The van der Waals surface area contributed by atoms with E-state index in [0.717, 1.165) is 17.3 Å². The van der Waals surface area contributed by atoms with Gasteiger partial charge in [-0.1, -0.05) is 52.4 Å². The van der Waals surface area contributed by atoms with Gasteiger partial charge < -0.3 is 0 Å². The van der Waals surface area contributed by atoms with Crippen LogP contribution in [0, 0.1) is 22.7 Å². The van der Waals surface area contributed by atoms with E-state index in [-0.39, 0.29) is 0 Å². The summed E-state index contributed by atoms with van der Waals surface area (Å²) in [7, 11) is 0. The predicted molar refractivity (Wildman–Crippen MR) is 78.6 cm³/mol. The van der Waals surface area contributed by atoms with Gasteiger partial charge in [0.1, 0.15) is 0 Å². The highest BCUT2D eigenvalue weighted by Crippen LogP contribution is 2.67. The van der Waals surface area contributed by atoms with Crippen LogP contribution in [0.25, 0.3) is 0 Å². The molecule has 0 bridgehead atoms. The molecule has 0 nitrogen and oxygen atoms in total. The van der Waals surface area contributed by atoms with Gasteiger partial charge in [0.2, 0.25) is 0 Å². The van der Waals surface area contributed by atoms with Crippen molar-refractivity contribution in [3.8, 4) is 0 Å². The van der Waals surface area contributed by atoms with Gasteiger partial charge in [-0.3, -0.25) is 0 Å². The van der Waals surface area contributed by atoms with Crippen LogP contribution in [-0.4, -0.2) is 0 Å². The molecule has 3 fully saturated rings. The third-order valence-electron chi connectivity index (χ3n) is 7.28. The molecule has 18 heavy (non-hydrogen) atoms. The molecule has 0 heteroatoms. The van der Waals surface area contributed by atoms with Gasteiger partial charge in [-0.25, -0.2) is 0 Å². The zero-order valence-corrected chi connectivity index (χ0v) is 12.6. The van der Waals surface area contributed by atoms with E-state index >= 15 is 0 Å². The Labute approximate surface area is 114 Å². The second kappa shape index (κ2) is 4.84. The number of rotatable bonds is 3. The van der Waals surface area contributed by atoms with E-state index < -0.39 is 0 Å². The maximum atomic E-state index is 2.69. The molecule has 0 aromatic heterocycles. The minimum absolute atomic E-state index is 0.708. The third-order valence-corrected chi connectivity index (χ3v) is 7.28. The van der Waals surface area contributed by atoms with Crippen LogP contribution in [0.5, 0.6) is 0 Å². The first kappa shape index (κ1) is 13.0. The predicted octanol–water partition coefficient (Wildman–Crippen LogP) is 5.95. The molecule has 0 radical (unpaired) electrons. The average molecular weight is 248 g/mol. The van der Waals surface area contributed by atoms with Crippen molar-refractivity contribution in [2.75, 3.05) is 0 Å². The smallest absolute Gasteiger partial charge is 0.0187 e. The quantitative estimate of drug-likeness (QED) is 0.578. The molecule has 104 valence electrons. The second-order valence-electron chi connectivity index (χ2n) is 7.79. The van der Waals surface area contributed by atoms with E-state index in [2.05, 4.69) is 13.8 Å². The van der Waals surface area contributed by atoms with Gasteiger partial charge in [0.05, 0.1) is 0 Å². The molecular weight excluding hydrogens is 216 g/mol. The standard InChI is InChI=1S/C18H32/c1-3-15-11-8-14-18(15,16-9-4-5-10-16)17(2)12-6-7-13-17/h15-16H,3-14H2,1-2H3. The molecule has 2 unspecified atom stereocenters. The van der Waals surface area contributed by atoms with Gasteiger partial charge in [-0.2, -0.15) is 0 Å². The molecule has 0 aliphatic heterocycles. The minimum atomic E-state index is 0.708. The molecule has 2 atom stereocenters. The van der Waals surface area contributed by atoms with E-state index in [1.807, 2.05) is 0 Å². The molecule has 3 aliphatic carbocycles. The number of hydrogen-bond acceptors (Lipinski definition) is 0. The van der Waals surface area contributed by atoms with Crippen molar-refractivity contribution in [3.05, 3.63) is 0 Å². The van der Waals surface area contributed by atoms with Crippen LogP contribution >= 0.6 is 0 Å². The summed E-state index contributed by atoms with van der Waals surface area (Å²) in [5.41, 5.74) is 1.47. The monoisotopic (exact) mass is 248 g/mol. The summed E-state index contributed by atoms with van der Waals surface area (Å²) in [5, 5.41) is 0. The fourth-order valence-electron chi connectivity index (χ4n) is 6.56. The van der Waals surface area contributed by atoms with Crippen molar-refractivity contribution in [1.82, 2.24) is 0 Å². The van der Waals surface area contributed by atoms with E-state index in [1.165, 1.54) is 38.5 Å². The van der Waals surface area contributed by atoms with Crippen LogP contribution in [0.15, 0.2) is 0 Å². The molecule has 0 spiro atoms. The summed E-state index contributed by atoms with van der Waals surface area (Å²) in [6.07, 6.45) is 18.4. The van der Waals surface area contributed by atoms with Gasteiger partial charge in [-0.15, -0.1) is 0 Å². The largest absolute Gasteiger partial charge is 0.0651 e. The first-order valence-electron chi connectivity index (χ1n) is 8.73. The lowest BCUT2D eigenvalue weighted by atomic mass is 9.51. The van der Waals surface area contributed by atoms with Gasteiger partial charge in [-0.05, 0) is 61.2 Å². The molecule has 0 N–H and O–H groups in total. The topological polar surface area (TPSA) is 0 Å². The highest BCUT2D eigenvalue weighted by molar-refractivity contribution is 5.08. The lowest BCUT2D eigenvalue weighted by Gasteiger charge is -2.53. The molecule has 3 aliphatic rings. The van der Waals surface area contributed by atoms with Gasteiger partial charge in [0.15, 0.2) is 0 Å². The lowest BCUT2D eigenvalue weighted by molar-refractivity contribution is -0.0443. The van der Waals surface area contributed by atoms with Crippen LogP contribution in [0.1, 0.15) is 90.9 Å². The van der Waals surface area contributed by atoms with Crippen LogP contribution in [0.4, 0.5) is 0 Å². The zero-order chi connectivity index (χ0) is 12.6. The van der Waals surface area contributed by atoms with Crippen LogP contribution in [0.2, 0.25) is 0 Å². The van der Waals surface area contributed by atoms with E-state index in [1.54, 1.807) is 38.5 Å². The molecule has 3 saturated carbocycles. The molecule has 3 rings (SSSR count). The Balaban J connectivity index is 1.96. The van der Waals surface area contributed by atoms with E-state index in [4.69, 9.17) is 0 Å². The fourth-order valence-corrected chi connectivity index (χ4v) is 6.56. The fraction of sp³-hybridized carbons (Fsp3) is 1.00. The summed E-state index contributed by atoms with van der Waals surface area (Å²) in [6.45, 7) is 5.16. The molecule has 0 amide bonds. The van der Waals surface area contributed by atoms with Gasteiger partial charge in [0.25, 0.3) is 0 Å². The van der Waals surface area contributed by atoms with Crippen molar-refractivity contribution >= 4 is 0 Å². The van der Waals surface area contributed by atoms with Crippen molar-refractivity contribution in [2.24, 2.45) is 22.7 Å². The molecule has 0 aromatic rings. The summed E-state index contributed by atoms with van der Waals surface area (Å²) >= 11 is 0. The first-order chi connectivity index (χ1) is 8.73. The van der Waals surface area contributed by atoms with Crippen LogP contribution in [-0.2, 0) is 0 Å². The Hall–Kier alpha value is 0. The minimum Gasteiger partial charge on any atom is -0.0651 e. The van der Waals surface area contributed by atoms with E-state index in [9.17, 15) is 0 Å². The summed E-state index contributed by atoms with van der Waals surface area (Å²) < 4.78 is 0. The number of hydrogen-bond donors (Lipinski definition) is 0. The summed E-state index contributed by atoms with van der Waals surface area (Å²) in [6, 6.07) is 0. The Bertz CT molecular complexity index is 280. The van der Waals surface area contributed by atoms with Crippen molar-refractivity contribution in [2.45, 2.75) is 90.9 Å². The van der Waals surface area contributed by atoms with E-state index in [0.29, 0.717) is 5.41 Å². The Morgan fingerprint density at radius 2 is 1.50 bits per heavy atom. The second-order valence-corrected chi connectivity index (χ2v) is 7.79. The molecule has 0 heterocycles. The maximum Gasteiger partial charge on any atom is -0.0187 e. The lowest BCUT2D eigenvalue weighted by Crippen LogP contribution is -2.46. The zero-order valence-electron chi connectivity index (χ0n) is 12.6. The summed E-state index contributed by atoms with van der Waals surface area (Å²) in [4.78, 5) is 0. The Morgan fingerprint density at radius 1 is 0.833 bits per heavy atom. The van der Waals surface area contributed by atoms with Crippen LogP contribution in [0.3, 0.4) is 0 Å². The van der Waals surface area contributed by atoms with Gasteiger partial charge in [0, 0.05) is 0 Å². The van der Waals surface area contributed by atoms with Gasteiger partial charge >= 0.3 is 0 Å². The maximum absolute atomic E-state index is 2.69. The normalized spacial score (nSPS) is 40.7. The van der Waals surface area contributed by atoms with Crippen LogP contribution < -0.4 is 0 Å². The Morgan fingerprint density at radius 3 is 2.11 bits per heavy atom. The SMILES string of the molecule is CCC1CCCC1(C1CCCC1)C1(C)CCCC1. The average Bonchev–Trinajstić information content (AvgIpc) is 3.09. The third kappa shape index (κ3) is 1.70. The molecular formula is C18H32. The molecule has 0 saturated heterocycles.